The topological polar surface area (TPSA) is 20.2 Å². The number of aliphatic hydroxyl groups is 1. The summed E-state index contributed by atoms with van der Waals surface area (Å²) in [6.07, 6.45) is -0.932. The molecule has 0 spiro atoms. The zero-order chi connectivity index (χ0) is 18.9. The molecule has 0 aliphatic rings. The summed E-state index contributed by atoms with van der Waals surface area (Å²) in [4.78, 5) is 0. The first-order valence-electron chi connectivity index (χ1n) is 8.64. The van der Waals surface area contributed by atoms with Crippen LogP contribution in [-0.2, 0) is 0 Å². The van der Waals surface area contributed by atoms with E-state index < -0.39 is 6.10 Å². The minimum absolute atomic E-state index is 0.686. The van der Waals surface area contributed by atoms with Crippen LogP contribution >= 0.6 is 0 Å². The summed E-state index contributed by atoms with van der Waals surface area (Å²) >= 11 is 0. The van der Waals surface area contributed by atoms with Crippen molar-refractivity contribution in [2.75, 3.05) is 0 Å². The number of hydrogen-bond donors (Lipinski definition) is 1. The second-order valence-electron chi connectivity index (χ2n) is 5.99. The Balaban J connectivity index is 1.78. The van der Waals surface area contributed by atoms with Crippen molar-refractivity contribution in [3.63, 3.8) is 0 Å². The molecule has 1 unspecified atom stereocenters. The maximum atomic E-state index is 10.4. The average molecular weight is 346 g/mol. The van der Waals surface area contributed by atoms with Gasteiger partial charge in [0.2, 0.25) is 0 Å². The lowest BCUT2D eigenvalue weighted by Gasteiger charge is -2.05. The van der Waals surface area contributed by atoms with Gasteiger partial charge in [0.05, 0.1) is 0 Å². The third-order valence-corrected chi connectivity index (χ3v) is 3.90. The lowest BCUT2D eigenvalue weighted by atomic mass is 10.0. The lowest BCUT2D eigenvalue weighted by molar-refractivity contribution is 0.238. The largest absolute Gasteiger partial charge is 0.376 e. The molecule has 1 N–H and O–H groups in total. The molecule has 128 valence electrons. The van der Waals surface area contributed by atoms with Crippen molar-refractivity contribution in [1.82, 2.24) is 0 Å². The summed E-state index contributed by atoms with van der Waals surface area (Å²) in [6, 6.07) is 25.2. The molecule has 27 heavy (non-hydrogen) atoms. The summed E-state index contributed by atoms with van der Waals surface area (Å²) in [5.41, 5.74) is 4.46. The van der Waals surface area contributed by atoms with Crippen molar-refractivity contribution >= 4 is 0 Å². The molecule has 0 amide bonds. The molecule has 0 radical (unpaired) electrons. The first-order valence-corrected chi connectivity index (χ1v) is 8.64. The molecule has 0 aliphatic heterocycles. The Hall–Kier alpha value is -3.70. The quantitative estimate of drug-likeness (QED) is 0.644. The van der Waals surface area contributed by atoms with Gasteiger partial charge in [-0.25, -0.2) is 0 Å². The lowest BCUT2D eigenvalue weighted by Crippen LogP contribution is -1.97. The summed E-state index contributed by atoms with van der Waals surface area (Å²) < 4.78 is 0. The zero-order valence-electron chi connectivity index (χ0n) is 15.0. The van der Waals surface area contributed by atoms with Crippen LogP contribution in [0, 0.1) is 42.4 Å². The van der Waals surface area contributed by atoms with Gasteiger partial charge in [0.1, 0.15) is 6.10 Å². The van der Waals surface area contributed by atoms with Crippen molar-refractivity contribution in [2.45, 2.75) is 13.0 Å². The molecule has 0 saturated carbocycles. The molecule has 1 atom stereocenters. The molecule has 1 nitrogen and oxygen atoms in total. The Morgan fingerprint density at radius 2 is 1.33 bits per heavy atom. The fourth-order valence-corrected chi connectivity index (χ4v) is 2.43. The molecule has 0 fully saturated rings. The summed E-state index contributed by atoms with van der Waals surface area (Å²) in [5, 5.41) is 10.4. The van der Waals surface area contributed by atoms with E-state index in [0.717, 1.165) is 16.7 Å². The fraction of sp³-hybridized carbons (Fsp3) is 0.0769. The Bertz CT molecular complexity index is 1090. The van der Waals surface area contributed by atoms with Crippen LogP contribution in [-0.4, -0.2) is 5.11 Å². The highest BCUT2D eigenvalue weighted by molar-refractivity contribution is 5.49. The van der Waals surface area contributed by atoms with Gasteiger partial charge in [-0.15, -0.1) is 0 Å². The second kappa shape index (κ2) is 9.12. The molecular formula is C26H18O. The standard InChI is InChI=1S/C26H18O/c1-21-15-17-23(18-16-21)11-5-8-14-26(27)25-13-7-6-12-24(25)20-19-22-9-3-2-4-10-22/h2-4,6-7,9-10,12-13,15-18,26-27H,1H3. The molecule has 0 bridgehead atoms. The van der Waals surface area contributed by atoms with Gasteiger partial charge < -0.3 is 5.11 Å². The van der Waals surface area contributed by atoms with Gasteiger partial charge in [-0.2, -0.15) is 0 Å². The summed E-state index contributed by atoms with van der Waals surface area (Å²) in [5.74, 6) is 17.5. The molecular weight excluding hydrogens is 328 g/mol. The first kappa shape index (κ1) is 18.1. The van der Waals surface area contributed by atoms with Crippen LogP contribution in [0.15, 0.2) is 78.9 Å². The van der Waals surface area contributed by atoms with Gasteiger partial charge in [-0.3, -0.25) is 0 Å². The van der Waals surface area contributed by atoms with E-state index in [2.05, 4.69) is 35.5 Å². The van der Waals surface area contributed by atoms with E-state index in [-0.39, 0.29) is 0 Å². The molecule has 3 rings (SSSR count). The highest BCUT2D eigenvalue weighted by Crippen LogP contribution is 2.16. The van der Waals surface area contributed by atoms with E-state index in [4.69, 9.17) is 0 Å². The fourth-order valence-electron chi connectivity index (χ4n) is 2.43. The first-order chi connectivity index (χ1) is 13.2. The van der Waals surface area contributed by atoms with Crippen LogP contribution in [0.3, 0.4) is 0 Å². The van der Waals surface area contributed by atoms with Crippen LogP contribution in [0.1, 0.15) is 33.9 Å². The van der Waals surface area contributed by atoms with Crippen LogP contribution in [0.4, 0.5) is 0 Å². The second-order valence-corrected chi connectivity index (χ2v) is 5.99. The minimum Gasteiger partial charge on any atom is -0.376 e. The molecule has 1 heteroatoms. The number of hydrogen-bond acceptors (Lipinski definition) is 1. The summed E-state index contributed by atoms with van der Waals surface area (Å²) in [6.45, 7) is 2.03. The Kier molecular flexibility index (Phi) is 6.12. The Labute approximate surface area is 160 Å². The average Bonchev–Trinajstić information content (AvgIpc) is 2.72. The maximum Gasteiger partial charge on any atom is 0.142 e. The van der Waals surface area contributed by atoms with Crippen LogP contribution in [0.5, 0.6) is 0 Å². The number of rotatable bonds is 1. The van der Waals surface area contributed by atoms with Crippen molar-refractivity contribution < 1.29 is 5.11 Å². The maximum absolute atomic E-state index is 10.4. The number of aliphatic hydroxyl groups excluding tert-OH is 1. The minimum atomic E-state index is -0.932. The Morgan fingerprint density at radius 1 is 0.667 bits per heavy atom. The number of aryl methyl sites for hydroxylation is 1. The third kappa shape index (κ3) is 5.39. The van der Waals surface area contributed by atoms with Gasteiger partial charge in [0.15, 0.2) is 0 Å². The zero-order valence-corrected chi connectivity index (χ0v) is 15.0. The predicted molar refractivity (Wildman–Crippen MR) is 110 cm³/mol. The van der Waals surface area contributed by atoms with E-state index in [1.54, 1.807) is 0 Å². The van der Waals surface area contributed by atoms with Gasteiger partial charge in [0.25, 0.3) is 0 Å². The smallest absolute Gasteiger partial charge is 0.142 e. The van der Waals surface area contributed by atoms with Gasteiger partial charge in [-0.05, 0) is 49.1 Å². The van der Waals surface area contributed by atoms with Crippen molar-refractivity contribution in [1.29, 1.82) is 0 Å². The van der Waals surface area contributed by atoms with Gasteiger partial charge >= 0.3 is 0 Å². The Morgan fingerprint density at radius 3 is 2.11 bits per heavy atom. The van der Waals surface area contributed by atoms with Crippen LogP contribution in [0.2, 0.25) is 0 Å². The van der Waals surface area contributed by atoms with Crippen LogP contribution < -0.4 is 0 Å². The van der Waals surface area contributed by atoms with Crippen LogP contribution in [0.25, 0.3) is 0 Å². The van der Waals surface area contributed by atoms with Crippen molar-refractivity contribution in [2.24, 2.45) is 0 Å². The molecule has 3 aromatic carbocycles. The molecule has 0 aromatic heterocycles. The van der Waals surface area contributed by atoms with Gasteiger partial charge in [0, 0.05) is 22.3 Å². The highest BCUT2D eigenvalue weighted by Gasteiger charge is 2.07. The number of benzene rings is 3. The van der Waals surface area contributed by atoms with E-state index >= 15 is 0 Å². The third-order valence-electron chi connectivity index (χ3n) is 3.90. The van der Waals surface area contributed by atoms with E-state index in [1.165, 1.54) is 5.56 Å². The molecule has 0 heterocycles. The predicted octanol–water partition coefficient (Wildman–Crippen LogP) is 4.48. The van der Waals surface area contributed by atoms with Gasteiger partial charge in [-0.1, -0.05) is 77.8 Å². The molecule has 0 saturated heterocycles. The monoisotopic (exact) mass is 346 g/mol. The highest BCUT2D eigenvalue weighted by atomic mass is 16.3. The van der Waals surface area contributed by atoms with Crippen molar-refractivity contribution in [3.8, 4) is 35.5 Å². The normalized spacial score (nSPS) is 10.3. The summed E-state index contributed by atoms with van der Waals surface area (Å²) in [7, 11) is 0. The van der Waals surface area contributed by atoms with E-state index in [0.29, 0.717) is 5.56 Å². The molecule has 3 aromatic rings. The van der Waals surface area contributed by atoms with Crippen molar-refractivity contribution in [3.05, 3.63) is 107 Å². The molecule has 0 aliphatic carbocycles. The SMILES string of the molecule is Cc1ccc(C#CC#CC(O)c2ccccc2C#Cc2ccccc2)cc1. The van der Waals surface area contributed by atoms with E-state index in [9.17, 15) is 5.11 Å². The van der Waals surface area contributed by atoms with E-state index in [1.807, 2.05) is 85.8 Å².